The Morgan fingerprint density at radius 2 is 2.08 bits per heavy atom. The molecule has 2 atom stereocenters. The molecule has 1 amide bonds. The molecule has 0 unspecified atom stereocenters. The van der Waals surface area contributed by atoms with Gasteiger partial charge in [0.25, 0.3) is 5.91 Å². The normalized spacial score (nSPS) is 19.4. The van der Waals surface area contributed by atoms with Crippen LogP contribution in [0, 0.1) is 5.92 Å². The third kappa shape index (κ3) is 3.04. The quantitative estimate of drug-likeness (QED) is 0.716. The number of nitrogens with zero attached hydrogens (tertiary/aromatic N) is 3. The number of pyridine rings is 1. The van der Waals surface area contributed by atoms with Crippen molar-refractivity contribution < 1.29 is 9.90 Å². The molecule has 3 aromatic rings. The maximum atomic E-state index is 12.3. The van der Waals surface area contributed by atoms with Gasteiger partial charge in [0.2, 0.25) is 0 Å². The summed E-state index contributed by atoms with van der Waals surface area (Å²) in [5, 5.41) is 12.1. The lowest BCUT2D eigenvalue weighted by atomic mass is 10.1. The molecule has 25 heavy (non-hydrogen) atoms. The van der Waals surface area contributed by atoms with Gasteiger partial charge in [-0.2, -0.15) is 0 Å². The molecule has 4 rings (SSSR count). The van der Waals surface area contributed by atoms with E-state index in [9.17, 15) is 4.79 Å². The topological polar surface area (TPSA) is 80.0 Å². The van der Waals surface area contributed by atoms with Crippen LogP contribution in [0.2, 0.25) is 0 Å². The molecule has 6 heteroatoms. The van der Waals surface area contributed by atoms with Gasteiger partial charge in [0.15, 0.2) is 0 Å². The highest BCUT2D eigenvalue weighted by molar-refractivity contribution is 5.94. The van der Waals surface area contributed by atoms with E-state index in [1.807, 2.05) is 47.1 Å². The SMILES string of the molecule is O=C(N[C@@H]1C=C[C@H](CO)C1)c1ccc(-n2cnc3ccccc32)nc1. The number of rotatable bonds is 4. The predicted molar refractivity (Wildman–Crippen MR) is 94.5 cm³/mol. The van der Waals surface area contributed by atoms with Crippen LogP contribution in [0.1, 0.15) is 16.8 Å². The summed E-state index contributed by atoms with van der Waals surface area (Å²) < 4.78 is 1.89. The summed E-state index contributed by atoms with van der Waals surface area (Å²) in [6.45, 7) is 0.109. The lowest BCUT2D eigenvalue weighted by Crippen LogP contribution is -2.33. The molecule has 2 heterocycles. The van der Waals surface area contributed by atoms with Crippen molar-refractivity contribution in [1.82, 2.24) is 19.9 Å². The highest BCUT2D eigenvalue weighted by Gasteiger charge is 2.20. The monoisotopic (exact) mass is 334 g/mol. The molecule has 0 aliphatic heterocycles. The number of aliphatic hydroxyl groups excluding tert-OH is 1. The van der Waals surface area contributed by atoms with Gasteiger partial charge in [-0.3, -0.25) is 9.36 Å². The Morgan fingerprint density at radius 1 is 1.20 bits per heavy atom. The highest BCUT2D eigenvalue weighted by Crippen LogP contribution is 2.18. The first-order valence-electron chi connectivity index (χ1n) is 8.23. The number of benzene rings is 1. The maximum Gasteiger partial charge on any atom is 0.253 e. The van der Waals surface area contributed by atoms with Crippen LogP contribution in [0.15, 0.2) is 61.1 Å². The summed E-state index contributed by atoms with van der Waals surface area (Å²) in [5.74, 6) is 0.675. The van der Waals surface area contributed by atoms with Gasteiger partial charge in [-0.05, 0) is 30.7 Å². The van der Waals surface area contributed by atoms with Gasteiger partial charge in [-0.25, -0.2) is 9.97 Å². The first-order chi connectivity index (χ1) is 12.2. The molecular formula is C19H18N4O2. The van der Waals surface area contributed by atoms with Gasteiger partial charge >= 0.3 is 0 Å². The van der Waals surface area contributed by atoms with Crippen LogP contribution >= 0.6 is 0 Å². The number of carbonyl (C=O) groups is 1. The molecule has 126 valence electrons. The van der Waals surface area contributed by atoms with Gasteiger partial charge in [0.1, 0.15) is 12.1 Å². The van der Waals surface area contributed by atoms with Crippen molar-refractivity contribution in [2.24, 2.45) is 5.92 Å². The Balaban J connectivity index is 1.50. The van der Waals surface area contributed by atoms with E-state index in [0.29, 0.717) is 11.4 Å². The number of fused-ring (bicyclic) bond motifs is 1. The van der Waals surface area contributed by atoms with E-state index in [2.05, 4.69) is 15.3 Å². The van der Waals surface area contributed by atoms with Gasteiger partial charge in [-0.15, -0.1) is 0 Å². The van der Waals surface area contributed by atoms with Crippen LogP contribution in [0.25, 0.3) is 16.9 Å². The second kappa shape index (κ2) is 6.49. The molecule has 1 aliphatic carbocycles. The number of amides is 1. The number of carbonyl (C=O) groups excluding carboxylic acids is 1. The average molecular weight is 334 g/mol. The van der Waals surface area contributed by atoms with Gasteiger partial charge in [-0.1, -0.05) is 24.3 Å². The first-order valence-corrected chi connectivity index (χ1v) is 8.23. The van der Waals surface area contributed by atoms with E-state index in [1.54, 1.807) is 18.6 Å². The van der Waals surface area contributed by atoms with Crippen molar-refractivity contribution >= 4 is 16.9 Å². The smallest absolute Gasteiger partial charge is 0.253 e. The summed E-state index contributed by atoms with van der Waals surface area (Å²) in [4.78, 5) is 21.1. The largest absolute Gasteiger partial charge is 0.396 e. The molecule has 0 bridgehead atoms. The summed E-state index contributed by atoms with van der Waals surface area (Å²) in [5.41, 5.74) is 2.38. The predicted octanol–water partition coefficient (Wildman–Crippen LogP) is 2.09. The van der Waals surface area contributed by atoms with Gasteiger partial charge in [0.05, 0.1) is 16.6 Å². The van der Waals surface area contributed by atoms with Crippen LogP contribution in [0.5, 0.6) is 0 Å². The Labute approximate surface area is 144 Å². The van der Waals surface area contributed by atoms with Crippen molar-refractivity contribution in [2.75, 3.05) is 6.61 Å². The Kier molecular flexibility index (Phi) is 4.03. The van der Waals surface area contributed by atoms with Crippen molar-refractivity contribution in [3.63, 3.8) is 0 Å². The minimum Gasteiger partial charge on any atom is -0.396 e. The van der Waals surface area contributed by atoms with E-state index in [1.165, 1.54) is 0 Å². The molecule has 0 fully saturated rings. The van der Waals surface area contributed by atoms with E-state index in [0.717, 1.165) is 17.5 Å². The van der Waals surface area contributed by atoms with Gasteiger partial charge < -0.3 is 10.4 Å². The second-order valence-electron chi connectivity index (χ2n) is 6.15. The average Bonchev–Trinajstić information content (AvgIpc) is 3.28. The Hall–Kier alpha value is -2.99. The zero-order valence-corrected chi connectivity index (χ0v) is 13.5. The molecular weight excluding hydrogens is 316 g/mol. The number of hydrogen-bond donors (Lipinski definition) is 2. The second-order valence-corrected chi connectivity index (χ2v) is 6.15. The molecule has 0 radical (unpaired) electrons. The fourth-order valence-corrected chi connectivity index (χ4v) is 3.07. The number of para-hydroxylation sites is 2. The lowest BCUT2D eigenvalue weighted by molar-refractivity contribution is 0.0940. The molecule has 6 nitrogen and oxygen atoms in total. The molecule has 2 N–H and O–H groups in total. The fraction of sp³-hybridized carbons (Fsp3) is 0.211. The van der Waals surface area contributed by atoms with Crippen molar-refractivity contribution in [2.45, 2.75) is 12.5 Å². The van der Waals surface area contributed by atoms with Crippen molar-refractivity contribution in [3.05, 3.63) is 66.6 Å². The van der Waals surface area contributed by atoms with E-state index in [-0.39, 0.29) is 24.5 Å². The molecule has 1 aliphatic rings. The summed E-state index contributed by atoms with van der Waals surface area (Å²) in [7, 11) is 0. The van der Waals surface area contributed by atoms with Crippen LogP contribution in [-0.4, -0.2) is 38.2 Å². The van der Waals surface area contributed by atoms with E-state index < -0.39 is 0 Å². The van der Waals surface area contributed by atoms with Crippen LogP contribution < -0.4 is 5.32 Å². The standard InChI is InChI=1S/C19H18N4O2/c24-11-13-5-7-15(9-13)22-19(25)14-6-8-18(20-10-14)23-12-21-16-3-1-2-4-17(16)23/h1-8,10,12-13,15,24H,9,11H2,(H,22,25)/t13-,15+/m0/s1. The maximum absolute atomic E-state index is 12.3. The number of hydrogen-bond acceptors (Lipinski definition) is 4. The summed E-state index contributed by atoms with van der Waals surface area (Å²) >= 11 is 0. The minimum absolute atomic E-state index is 0.0399. The number of nitrogens with one attached hydrogen (secondary N) is 1. The van der Waals surface area contributed by atoms with Crippen molar-refractivity contribution in [1.29, 1.82) is 0 Å². The number of aromatic nitrogens is 3. The van der Waals surface area contributed by atoms with E-state index in [4.69, 9.17) is 5.11 Å². The van der Waals surface area contributed by atoms with Crippen LogP contribution in [0.3, 0.4) is 0 Å². The van der Waals surface area contributed by atoms with Crippen molar-refractivity contribution in [3.8, 4) is 5.82 Å². The molecule has 2 aromatic heterocycles. The fourth-order valence-electron chi connectivity index (χ4n) is 3.07. The van der Waals surface area contributed by atoms with Crippen LogP contribution in [-0.2, 0) is 0 Å². The zero-order valence-electron chi connectivity index (χ0n) is 13.5. The molecule has 0 saturated carbocycles. The number of aliphatic hydroxyl groups is 1. The molecule has 1 aromatic carbocycles. The Bertz CT molecular complexity index is 930. The third-order valence-corrected chi connectivity index (χ3v) is 4.43. The highest BCUT2D eigenvalue weighted by atomic mass is 16.3. The third-order valence-electron chi connectivity index (χ3n) is 4.43. The van der Waals surface area contributed by atoms with E-state index >= 15 is 0 Å². The first kappa shape index (κ1) is 15.5. The summed E-state index contributed by atoms with van der Waals surface area (Å²) in [6.07, 6.45) is 7.90. The zero-order chi connectivity index (χ0) is 17.2. The lowest BCUT2D eigenvalue weighted by Gasteiger charge is -2.13. The molecule has 0 saturated heterocycles. The molecule has 0 spiro atoms. The number of imidazole rings is 1. The summed E-state index contributed by atoms with van der Waals surface area (Å²) in [6, 6.07) is 11.4. The Morgan fingerprint density at radius 3 is 2.84 bits per heavy atom. The van der Waals surface area contributed by atoms with Crippen LogP contribution in [0.4, 0.5) is 0 Å². The minimum atomic E-state index is -0.164. The van der Waals surface area contributed by atoms with Gasteiger partial charge in [0, 0.05) is 24.8 Å².